The van der Waals surface area contributed by atoms with Crippen molar-refractivity contribution in [3.8, 4) is 0 Å². The maximum Gasteiger partial charge on any atom is 0.150 e. The number of allylic oxidation sites excluding steroid dienone is 6. The summed E-state index contributed by atoms with van der Waals surface area (Å²) >= 11 is 0. The van der Waals surface area contributed by atoms with Gasteiger partial charge < -0.3 is 10.6 Å². The van der Waals surface area contributed by atoms with Crippen molar-refractivity contribution in [2.75, 3.05) is 0 Å². The Balaban J connectivity index is 1.29. The Morgan fingerprint density at radius 3 is 1.11 bits per heavy atom. The van der Waals surface area contributed by atoms with Crippen LogP contribution in [0, 0.1) is 0 Å². The highest BCUT2D eigenvalue weighted by atomic mass is 16.1. The smallest absolute Gasteiger partial charge is 0.150 e. The lowest BCUT2D eigenvalue weighted by molar-refractivity contribution is 0.111. The number of aldehydes is 4. The van der Waals surface area contributed by atoms with Gasteiger partial charge in [0.15, 0.2) is 0 Å². The zero-order chi connectivity index (χ0) is 38.2. The molecule has 276 valence electrons. The zero-order valence-electron chi connectivity index (χ0n) is 30.9. The number of nitrogens with zero attached hydrogens (tertiary/aromatic N) is 2. The number of fused-ring (bicyclic) bond motifs is 6. The van der Waals surface area contributed by atoms with E-state index in [0.29, 0.717) is 22.3 Å². The van der Waals surface area contributed by atoms with Gasteiger partial charge in [0, 0.05) is 68.3 Å². The molecule has 2 N–H and O–H groups in total. The molecule has 4 aromatic carbocycles. The van der Waals surface area contributed by atoms with Crippen molar-refractivity contribution in [3.05, 3.63) is 164 Å². The van der Waals surface area contributed by atoms with E-state index in [1.54, 1.807) is 0 Å². The van der Waals surface area contributed by atoms with Gasteiger partial charge in [0.25, 0.3) is 0 Å². The number of rotatable bonds is 8. The van der Waals surface area contributed by atoms with Gasteiger partial charge in [0.05, 0.1) is 11.4 Å². The fourth-order valence-electron chi connectivity index (χ4n) is 9.01. The summed E-state index contributed by atoms with van der Waals surface area (Å²) in [5.74, 6) is 0. The lowest BCUT2D eigenvalue weighted by atomic mass is 9.92. The molecule has 8 nitrogen and oxygen atoms in total. The van der Waals surface area contributed by atoms with Gasteiger partial charge in [0.1, 0.15) is 25.1 Å². The topological polar surface area (TPSA) is 117 Å². The molecule has 2 atom stereocenters. The fourth-order valence-corrected chi connectivity index (χ4v) is 9.01. The summed E-state index contributed by atoms with van der Waals surface area (Å²) in [7, 11) is 0. The SMILES string of the molecule is O=Cc1ccc(/C2=C3\CC/C(=C(\c4ccc(C=O)cc4)C4=N/C(=C(/c5ccc(C=O)cc5)C5CCC(N5)/C(c5ccc(C=O)cc5)=C5/CCC2=N5)CC4)N3)cc1. The second-order valence-corrected chi connectivity index (χ2v) is 15.0. The van der Waals surface area contributed by atoms with Gasteiger partial charge in [-0.1, -0.05) is 97.1 Å². The highest BCUT2D eigenvalue weighted by Crippen LogP contribution is 2.43. The molecule has 2 saturated heterocycles. The lowest BCUT2D eigenvalue weighted by Gasteiger charge is -2.23. The van der Waals surface area contributed by atoms with Gasteiger partial charge in [-0.2, -0.15) is 0 Å². The molecule has 8 heteroatoms. The van der Waals surface area contributed by atoms with Crippen molar-refractivity contribution < 1.29 is 19.2 Å². The van der Waals surface area contributed by atoms with Crippen LogP contribution in [-0.4, -0.2) is 48.7 Å². The molecule has 0 saturated carbocycles. The van der Waals surface area contributed by atoms with Crippen molar-refractivity contribution in [2.45, 2.75) is 63.5 Å². The molecule has 2 unspecified atom stereocenters. The lowest BCUT2D eigenvalue weighted by Crippen LogP contribution is -2.32. The molecule has 0 amide bonds. The summed E-state index contributed by atoms with van der Waals surface area (Å²) in [6.07, 6.45) is 9.80. The first-order valence-corrected chi connectivity index (χ1v) is 19.4. The maximum absolute atomic E-state index is 11.7. The molecule has 5 aliphatic rings. The molecule has 2 fully saturated rings. The summed E-state index contributed by atoms with van der Waals surface area (Å²) in [4.78, 5) is 57.6. The van der Waals surface area contributed by atoms with Gasteiger partial charge in [-0.25, -0.2) is 0 Å². The monoisotopic (exact) mass is 736 g/mol. The summed E-state index contributed by atoms with van der Waals surface area (Å²) < 4.78 is 0. The zero-order valence-corrected chi connectivity index (χ0v) is 30.9. The standard InChI is InChI=1S/C48H40N4O4/c53-25-29-1-9-33(10-2-29)45-37-17-19-39(49-37)46(34-11-3-30(26-54)4-12-34)41-21-23-43(51-41)48(36-15-7-32(28-56)8-16-36)44-24-22-42(52-44)47(40-20-18-38(45)50-40)35-13-5-31(27-55)6-14-35/h1-16,25-28,37,39,49,52H,17-24H2/b45-38-,46-41-,47-42-,48-44-. The quantitative estimate of drug-likeness (QED) is 0.175. The van der Waals surface area contributed by atoms with E-state index >= 15 is 0 Å². The van der Waals surface area contributed by atoms with E-state index in [1.165, 1.54) is 0 Å². The fraction of sp³-hybridized carbons (Fsp3) is 0.208. The Morgan fingerprint density at radius 1 is 0.429 bits per heavy atom. The van der Waals surface area contributed by atoms with E-state index in [9.17, 15) is 19.2 Å². The number of carbonyl (C=O) groups excluding carboxylic acids is 4. The Bertz CT molecular complexity index is 2290. The van der Waals surface area contributed by atoms with Gasteiger partial charge in [-0.05, 0) is 84.8 Å². The van der Waals surface area contributed by atoms with Crippen molar-refractivity contribution >= 4 is 58.9 Å². The molecule has 8 bridgehead atoms. The molecular formula is C48H40N4O4. The van der Waals surface area contributed by atoms with Crippen LogP contribution < -0.4 is 10.6 Å². The van der Waals surface area contributed by atoms with Crippen molar-refractivity contribution in [1.29, 1.82) is 0 Å². The normalized spacial score (nSPS) is 25.7. The Hall–Kier alpha value is -6.38. The minimum absolute atomic E-state index is 0.00577. The van der Waals surface area contributed by atoms with Crippen LogP contribution in [-0.2, 0) is 0 Å². The van der Waals surface area contributed by atoms with E-state index in [0.717, 1.165) is 155 Å². The van der Waals surface area contributed by atoms with Crippen molar-refractivity contribution in [2.24, 2.45) is 9.98 Å². The van der Waals surface area contributed by atoms with Gasteiger partial charge in [-0.3, -0.25) is 29.2 Å². The minimum atomic E-state index is -0.00577. The summed E-state index contributed by atoms with van der Waals surface area (Å²) in [6, 6.07) is 31.1. The second-order valence-electron chi connectivity index (χ2n) is 15.0. The van der Waals surface area contributed by atoms with Crippen LogP contribution in [0.15, 0.2) is 130 Å². The third kappa shape index (κ3) is 6.56. The molecule has 9 rings (SSSR count). The van der Waals surface area contributed by atoms with Crippen molar-refractivity contribution in [1.82, 2.24) is 10.6 Å². The van der Waals surface area contributed by atoms with Gasteiger partial charge >= 0.3 is 0 Å². The van der Waals surface area contributed by atoms with E-state index in [2.05, 4.69) is 10.6 Å². The van der Waals surface area contributed by atoms with E-state index < -0.39 is 0 Å². The van der Waals surface area contributed by atoms with Crippen LogP contribution in [0.4, 0.5) is 0 Å². The van der Waals surface area contributed by atoms with E-state index in [4.69, 9.17) is 9.98 Å². The Labute approximate surface area is 325 Å². The minimum Gasteiger partial charge on any atom is -0.361 e. The number of hydrogen-bond acceptors (Lipinski definition) is 8. The largest absolute Gasteiger partial charge is 0.361 e. The van der Waals surface area contributed by atoms with Crippen LogP contribution >= 0.6 is 0 Å². The molecule has 0 spiro atoms. The highest BCUT2D eigenvalue weighted by Gasteiger charge is 2.36. The third-order valence-corrected chi connectivity index (χ3v) is 11.7. The molecule has 0 aromatic heterocycles. The molecule has 4 aromatic rings. The Morgan fingerprint density at radius 2 is 0.768 bits per heavy atom. The van der Waals surface area contributed by atoms with Crippen molar-refractivity contribution in [3.63, 3.8) is 0 Å². The van der Waals surface area contributed by atoms with Gasteiger partial charge in [-0.15, -0.1) is 0 Å². The molecule has 0 radical (unpaired) electrons. The number of nitrogens with one attached hydrogen (secondary N) is 2. The van der Waals surface area contributed by atoms with Crippen LogP contribution in [0.1, 0.15) is 115 Å². The van der Waals surface area contributed by atoms with Crippen LogP contribution in [0.25, 0.3) is 22.3 Å². The first-order chi connectivity index (χ1) is 27.5. The highest BCUT2D eigenvalue weighted by molar-refractivity contribution is 6.28. The second kappa shape index (κ2) is 15.0. The predicted molar refractivity (Wildman–Crippen MR) is 221 cm³/mol. The third-order valence-electron chi connectivity index (χ3n) is 11.7. The number of hydrogen-bond donors (Lipinski definition) is 2. The number of aliphatic imine (C=N–C) groups is 2. The van der Waals surface area contributed by atoms with Gasteiger partial charge in [0.2, 0.25) is 0 Å². The summed E-state index contributed by atoms with van der Waals surface area (Å²) in [5, 5.41) is 7.92. The summed E-state index contributed by atoms with van der Waals surface area (Å²) in [5.41, 5.74) is 17.2. The Kier molecular flexibility index (Phi) is 9.49. The molecular weight excluding hydrogens is 697 g/mol. The average molecular weight is 737 g/mol. The van der Waals surface area contributed by atoms with Crippen LogP contribution in [0.3, 0.4) is 0 Å². The number of benzene rings is 4. The van der Waals surface area contributed by atoms with Crippen LogP contribution in [0.2, 0.25) is 0 Å². The van der Waals surface area contributed by atoms with E-state index in [-0.39, 0.29) is 12.1 Å². The van der Waals surface area contributed by atoms with Crippen LogP contribution in [0.5, 0.6) is 0 Å². The first kappa shape index (κ1) is 35.3. The first-order valence-electron chi connectivity index (χ1n) is 19.4. The average Bonchev–Trinajstić information content (AvgIpc) is 4.10. The molecule has 0 aliphatic carbocycles. The maximum atomic E-state index is 11.7. The predicted octanol–water partition coefficient (Wildman–Crippen LogP) is 8.87. The molecule has 5 heterocycles. The summed E-state index contributed by atoms with van der Waals surface area (Å²) in [6.45, 7) is 0. The molecule has 56 heavy (non-hydrogen) atoms. The molecule has 5 aliphatic heterocycles. The number of carbonyl (C=O) groups is 4. The van der Waals surface area contributed by atoms with E-state index in [1.807, 2.05) is 97.1 Å².